The van der Waals surface area contributed by atoms with E-state index >= 15 is 0 Å². The first-order valence-corrected chi connectivity index (χ1v) is 14.7. The van der Waals surface area contributed by atoms with Gasteiger partial charge in [0.2, 0.25) is 0 Å². The molecule has 3 heterocycles. The summed E-state index contributed by atoms with van der Waals surface area (Å²) in [5.41, 5.74) is 12.8. The number of rotatable bonds is 14. The van der Waals surface area contributed by atoms with Crippen molar-refractivity contribution in [3.8, 4) is 0 Å². The molecular formula is C25H39N7O10S. The van der Waals surface area contributed by atoms with E-state index in [1.54, 1.807) is 27.7 Å². The molecule has 8 atom stereocenters. The summed E-state index contributed by atoms with van der Waals surface area (Å²) in [7, 11) is 0. The molecule has 2 aromatic heterocycles. The van der Waals surface area contributed by atoms with Crippen LogP contribution in [0.3, 0.4) is 0 Å². The highest BCUT2D eigenvalue weighted by molar-refractivity contribution is 7.89. The van der Waals surface area contributed by atoms with Crippen molar-refractivity contribution in [3.05, 3.63) is 12.7 Å². The molecule has 18 heteroatoms. The highest BCUT2D eigenvalue weighted by Crippen LogP contribution is 2.37. The van der Waals surface area contributed by atoms with Crippen molar-refractivity contribution >= 4 is 41.2 Å². The van der Waals surface area contributed by atoms with E-state index in [4.69, 9.17) is 35.1 Å². The lowest BCUT2D eigenvalue weighted by Gasteiger charge is -2.27. The number of imidazole rings is 1. The van der Waals surface area contributed by atoms with Crippen molar-refractivity contribution in [2.45, 2.75) is 95.7 Å². The number of ether oxygens (including phenoxy) is 3. The number of nitrogens with two attached hydrogens (primary N) is 2. The van der Waals surface area contributed by atoms with Crippen molar-refractivity contribution in [2.24, 2.45) is 23.3 Å². The van der Waals surface area contributed by atoms with Crippen LogP contribution in [0.4, 0.5) is 5.82 Å². The molecule has 1 saturated heterocycles. The van der Waals surface area contributed by atoms with E-state index in [1.165, 1.54) is 17.2 Å². The van der Waals surface area contributed by atoms with Gasteiger partial charge in [-0.15, -0.1) is 4.33 Å². The van der Waals surface area contributed by atoms with E-state index in [-0.39, 0.29) is 24.5 Å². The number of hydrogen-bond donors (Lipinski definition) is 5. The molecule has 2 aromatic rings. The molecule has 0 bridgehead atoms. The van der Waals surface area contributed by atoms with Crippen molar-refractivity contribution in [3.63, 3.8) is 0 Å². The number of nitrogens with one attached hydrogen (secondary N) is 1. The number of nitrogens with zero attached hydrogens (tertiary/aromatic N) is 4. The van der Waals surface area contributed by atoms with E-state index in [2.05, 4.69) is 29.6 Å². The van der Waals surface area contributed by atoms with Gasteiger partial charge in [-0.1, -0.05) is 32.7 Å². The molecule has 240 valence electrons. The Morgan fingerprint density at radius 2 is 1.77 bits per heavy atom. The van der Waals surface area contributed by atoms with Crippen molar-refractivity contribution in [1.82, 2.24) is 19.5 Å². The highest BCUT2D eigenvalue weighted by Gasteiger charge is 2.52. The first-order chi connectivity index (χ1) is 20.5. The lowest BCUT2D eigenvalue weighted by atomic mass is 10.0. The predicted molar refractivity (Wildman–Crippen MR) is 150 cm³/mol. The van der Waals surface area contributed by atoms with Crippen LogP contribution in [-0.2, 0) is 37.4 Å². The number of anilines is 1. The van der Waals surface area contributed by atoms with Gasteiger partial charge >= 0.3 is 11.9 Å². The molecule has 0 spiro atoms. The molecule has 43 heavy (non-hydrogen) atoms. The lowest BCUT2D eigenvalue weighted by molar-refractivity contribution is -0.434. The Bertz CT molecular complexity index is 1240. The minimum atomic E-state index is -1.24. The standard InChI is InChI=1S/C25H39N7O10S/c1-11(2)16(26)24(34)39-19-15(8-37-43-42-41-36)38-23(20(19)40-25(35)17(27)12(3)4)32-10-30-18-21(28-9-29-22(18)32)31-13-6-5-7-14(13)33/h9-17,19-20,23,33,36H,5-8,26-27H2,1-4H3,(H,28,29,31)/t13-,14+,15+,16-,17-,19+,20+,23+/m0/s1. The summed E-state index contributed by atoms with van der Waals surface area (Å²) >= 11 is 0.301. The SMILES string of the molecule is CC(C)[C@H](N)C(=O)O[C@@H]1[C@H](OC(=O)[C@@H](N)C(C)C)[C@@H](COSOOO)O[C@H]1n1cnc2c(N[C@H]3CCC[C@H]3O)ncnc21. The van der Waals surface area contributed by atoms with Crippen LogP contribution in [0.25, 0.3) is 11.2 Å². The molecular weight excluding hydrogens is 590 g/mol. The van der Waals surface area contributed by atoms with Crippen LogP contribution in [0, 0.1) is 11.8 Å². The van der Waals surface area contributed by atoms with Crippen molar-refractivity contribution < 1.29 is 47.7 Å². The number of fused-ring (bicyclic) bond motifs is 1. The second-order valence-corrected chi connectivity index (χ2v) is 11.7. The van der Waals surface area contributed by atoms with Crippen molar-refractivity contribution in [2.75, 3.05) is 11.9 Å². The molecule has 0 aromatic carbocycles. The van der Waals surface area contributed by atoms with E-state index < -0.39 is 54.7 Å². The van der Waals surface area contributed by atoms with E-state index in [1.807, 2.05) is 0 Å². The monoisotopic (exact) mass is 629 g/mol. The van der Waals surface area contributed by atoms with Crippen LogP contribution < -0.4 is 16.8 Å². The van der Waals surface area contributed by atoms with Crippen LogP contribution in [-0.4, -0.2) is 91.0 Å². The average molecular weight is 630 g/mol. The molecule has 4 rings (SSSR count). The fraction of sp³-hybridized carbons (Fsp3) is 0.720. The minimum Gasteiger partial charge on any atom is -0.454 e. The number of aliphatic hydroxyl groups is 1. The second kappa shape index (κ2) is 14.9. The van der Waals surface area contributed by atoms with Gasteiger partial charge in [-0.3, -0.25) is 18.3 Å². The maximum absolute atomic E-state index is 13.1. The third-order valence-electron chi connectivity index (χ3n) is 7.54. The zero-order valence-corrected chi connectivity index (χ0v) is 25.1. The topological polar surface area (TPSA) is 238 Å². The van der Waals surface area contributed by atoms with Gasteiger partial charge in [0, 0.05) is 0 Å². The summed E-state index contributed by atoms with van der Waals surface area (Å²) < 4.78 is 29.0. The van der Waals surface area contributed by atoms with Gasteiger partial charge in [0.05, 0.1) is 25.1 Å². The predicted octanol–water partition coefficient (Wildman–Crippen LogP) is 0.840. The molecule has 17 nitrogen and oxygen atoms in total. The maximum Gasteiger partial charge on any atom is 0.323 e. The first-order valence-electron chi connectivity index (χ1n) is 14.0. The zero-order valence-electron chi connectivity index (χ0n) is 24.3. The van der Waals surface area contributed by atoms with Crippen LogP contribution >= 0.6 is 12.3 Å². The van der Waals surface area contributed by atoms with Crippen molar-refractivity contribution in [1.29, 1.82) is 0 Å². The molecule has 0 amide bonds. The molecule has 1 aliphatic heterocycles. The summed E-state index contributed by atoms with van der Waals surface area (Å²) in [4.78, 5) is 39.3. The molecule has 7 N–H and O–H groups in total. The van der Waals surface area contributed by atoms with Gasteiger partial charge in [-0.05, 0) is 31.1 Å². The Morgan fingerprint density at radius 3 is 2.37 bits per heavy atom. The van der Waals surface area contributed by atoms with Gasteiger partial charge in [0.15, 0.2) is 47.7 Å². The summed E-state index contributed by atoms with van der Waals surface area (Å²) in [5, 5.41) is 25.5. The number of esters is 2. The number of carbonyl (C=O) groups excluding carboxylic acids is 2. The van der Waals surface area contributed by atoms with Crippen LogP contribution in [0.5, 0.6) is 0 Å². The van der Waals surface area contributed by atoms with Crippen LogP contribution in [0.15, 0.2) is 12.7 Å². The van der Waals surface area contributed by atoms with Gasteiger partial charge < -0.3 is 36.1 Å². The number of hydrogen-bond acceptors (Lipinski definition) is 17. The molecule has 2 fully saturated rings. The second-order valence-electron chi connectivity index (χ2n) is 11.2. The first kappa shape index (κ1) is 33.2. The summed E-state index contributed by atoms with van der Waals surface area (Å²) in [6, 6.07) is -2.15. The maximum atomic E-state index is 13.1. The van der Waals surface area contributed by atoms with Crippen LogP contribution in [0.1, 0.15) is 53.2 Å². The Kier molecular flexibility index (Phi) is 11.5. The minimum absolute atomic E-state index is 0.199. The molecule has 0 radical (unpaired) electrons. The smallest absolute Gasteiger partial charge is 0.323 e. The molecule has 1 saturated carbocycles. The molecule has 0 unspecified atom stereocenters. The zero-order chi connectivity index (χ0) is 31.3. The van der Waals surface area contributed by atoms with Gasteiger partial charge in [0.1, 0.15) is 24.5 Å². The van der Waals surface area contributed by atoms with E-state index in [9.17, 15) is 14.7 Å². The van der Waals surface area contributed by atoms with Gasteiger partial charge in [-0.25, -0.2) is 20.2 Å². The lowest BCUT2D eigenvalue weighted by Crippen LogP contribution is -2.48. The van der Waals surface area contributed by atoms with E-state index in [0.717, 1.165) is 12.8 Å². The Balaban J connectivity index is 1.70. The third-order valence-corrected chi connectivity index (χ3v) is 7.89. The van der Waals surface area contributed by atoms with Crippen LogP contribution in [0.2, 0.25) is 0 Å². The number of aliphatic hydroxyl groups excluding tert-OH is 1. The summed E-state index contributed by atoms with van der Waals surface area (Å²) in [5.74, 6) is -1.58. The van der Waals surface area contributed by atoms with E-state index in [0.29, 0.717) is 35.7 Å². The quantitative estimate of drug-likeness (QED) is 0.0639. The Hall–Kier alpha value is -2.68. The Labute approximate surface area is 252 Å². The fourth-order valence-electron chi connectivity index (χ4n) is 4.86. The molecule has 2 aliphatic rings. The number of carbonyl (C=O) groups is 2. The summed E-state index contributed by atoms with van der Waals surface area (Å²) in [6.45, 7) is 6.78. The fourth-order valence-corrected chi connectivity index (χ4v) is 5.11. The largest absolute Gasteiger partial charge is 0.454 e. The Morgan fingerprint density at radius 1 is 1.09 bits per heavy atom. The highest BCUT2D eigenvalue weighted by atomic mass is 32.2. The normalized spacial score (nSPS) is 27.1. The third kappa shape index (κ3) is 7.70. The summed E-state index contributed by atoms with van der Waals surface area (Å²) in [6.07, 6.45) is -0.0341. The van der Waals surface area contributed by atoms with Gasteiger partial charge in [-0.2, -0.15) is 0 Å². The van der Waals surface area contributed by atoms with Gasteiger partial charge in [0.25, 0.3) is 0 Å². The molecule has 1 aliphatic carbocycles. The average Bonchev–Trinajstić information content (AvgIpc) is 3.68. The number of aromatic nitrogens is 4.